The minimum atomic E-state index is -0.425. The molecule has 0 saturated carbocycles. The van der Waals surface area contributed by atoms with Crippen LogP contribution in [-0.4, -0.2) is 40.0 Å². The molecule has 0 radical (unpaired) electrons. The number of aromatic nitrogens is 3. The first kappa shape index (κ1) is 16.9. The van der Waals surface area contributed by atoms with E-state index in [-0.39, 0.29) is 0 Å². The number of imidazole rings is 1. The number of rotatable bonds is 2. The summed E-state index contributed by atoms with van der Waals surface area (Å²) in [6, 6.07) is 10.1. The number of piperazine rings is 1. The van der Waals surface area contributed by atoms with E-state index in [4.69, 9.17) is 4.42 Å². The van der Waals surface area contributed by atoms with Gasteiger partial charge in [-0.1, -0.05) is 6.07 Å². The van der Waals surface area contributed by atoms with Gasteiger partial charge in [0.15, 0.2) is 0 Å². The fourth-order valence-electron chi connectivity index (χ4n) is 3.72. The van der Waals surface area contributed by atoms with E-state index in [1.54, 1.807) is 0 Å². The maximum Gasteiger partial charge on any atom is 0.347 e. The third-order valence-corrected chi connectivity index (χ3v) is 5.15. The Kier molecular flexibility index (Phi) is 3.91. The van der Waals surface area contributed by atoms with Crippen molar-refractivity contribution in [1.82, 2.24) is 19.7 Å². The molecule has 5 heterocycles. The summed E-state index contributed by atoms with van der Waals surface area (Å²) >= 11 is 0. The lowest BCUT2D eigenvalue weighted by Crippen LogP contribution is -2.49. The molecule has 1 aliphatic rings. The molecule has 5 rings (SSSR count). The molecule has 7 nitrogen and oxygen atoms in total. The van der Waals surface area contributed by atoms with Crippen LogP contribution in [0.25, 0.3) is 28.0 Å². The Morgan fingerprint density at radius 2 is 2.07 bits per heavy atom. The zero-order valence-electron chi connectivity index (χ0n) is 15.8. The molecule has 0 bridgehead atoms. The summed E-state index contributed by atoms with van der Waals surface area (Å²) in [5.41, 5.74) is 2.89. The van der Waals surface area contributed by atoms with Gasteiger partial charge in [0.05, 0.1) is 11.3 Å². The molecular formula is C21H21N5O2. The van der Waals surface area contributed by atoms with Crippen LogP contribution in [0.15, 0.2) is 51.9 Å². The molecule has 4 aromatic heterocycles. The van der Waals surface area contributed by atoms with Gasteiger partial charge in [-0.15, -0.1) is 0 Å². The fraction of sp³-hybridized carbons (Fsp3) is 0.286. The van der Waals surface area contributed by atoms with Crippen molar-refractivity contribution in [3.8, 4) is 11.3 Å². The number of aryl methyl sites for hydroxylation is 1. The van der Waals surface area contributed by atoms with Crippen molar-refractivity contribution in [2.75, 3.05) is 24.5 Å². The van der Waals surface area contributed by atoms with Gasteiger partial charge in [0, 0.05) is 43.5 Å². The zero-order valence-corrected chi connectivity index (χ0v) is 15.8. The Balaban J connectivity index is 1.56. The van der Waals surface area contributed by atoms with E-state index in [0.29, 0.717) is 23.0 Å². The summed E-state index contributed by atoms with van der Waals surface area (Å²) in [6.07, 6.45) is 3.83. The second-order valence-electron chi connectivity index (χ2n) is 7.41. The van der Waals surface area contributed by atoms with Crippen LogP contribution in [0.2, 0.25) is 0 Å². The molecule has 1 atom stereocenters. The predicted octanol–water partition coefficient (Wildman–Crippen LogP) is 2.61. The van der Waals surface area contributed by atoms with Crippen LogP contribution in [0.5, 0.6) is 0 Å². The highest BCUT2D eigenvalue weighted by molar-refractivity contribution is 5.80. The highest BCUT2D eigenvalue weighted by Crippen LogP contribution is 2.23. The summed E-state index contributed by atoms with van der Waals surface area (Å²) in [5.74, 6) is 0.833. The Bertz CT molecular complexity index is 1240. The Labute approximate surface area is 161 Å². The molecule has 0 amide bonds. The first-order chi connectivity index (χ1) is 13.6. The van der Waals surface area contributed by atoms with Gasteiger partial charge < -0.3 is 19.0 Å². The summed E-state index contributed by atoms with van der Waals surface area (Å²) < 4.78 is 7.48. The summed E-state index contributed by atoms with van der Waals surface area (Å²) in [4.78, 5) is 24.0. The smallest absolute Gasteiger partial charge is 0.347 e. The molecular weight excluding hydrogens is 354 g/mol. The van der Waals surface area contributed by atoms with E-state index in [9.17, 15) is 4.79 Å². The average molecular weight is 375 g/mol. The van der Waals surface area contributed by atoms with Crippen molar-refractivity contribution in [3.05, 3.63) is 58.7 Å². The van der Waals surface area contributed by atoms with E-state index in [1.165, 1.54) is 0 Å². The molecule has 4 aromatic rings. The number of pyridine rings is 2. The summed E-state index contributed by atoms with van der Waals surface area (Å²) in [6.45, 7) is 6.84. The van der Waals surface area contributed by atoms with Crippen molar-refractivity contribution < 1.29 is 4.42 Å². The van der Waals surface area contributed by atoms with Gasteiger partial charge in [-0.3, -0.25) is 0 Å². The molecule has 1 aliphatic heterocycles. The van der Waals surface area contributed by atoms with Crippen LogP contribution in [0.3, 0.4) is 0 Å². The lowest BCUT2D eigenvalue weighted by atomic mass is 10.2. The Morgan fingerprint density at radius 3 is 2.93 bits per heavy atom. The first-order valence-corrected chi connectivity index (χ1v) is 9.46. The van der Waals surface area contributed by atoms with E-state index < -0.39 is 5.63 Å². The van der Waals surface area contributed by atoms with Crippen molar-refractivity contribution >= 4 is 22.6 Å². The second kappa shape index (κ2) is 6.45. The number of fused-ring (bicyclic) bond motifs is 2. The van der Waals surface area contributed by atoms with Gasteiger partial charge in [-0.25, -0.2) is 9.78 Å². The van der Waals surface area contributed by atoms with Crippen molar-refractivity contribution in [2.45, 2.75) is 19.9 Å². The van der Waals surface area contributed by atoms with Crippen LogP contribution in [0.4, 0.5) is 5.82 Å². The van der Waals surface area contributed by atoms with Gasteiger partial charge in [0.2, 0.25) is 5.71 Å². The van der Waals surface area contributed by atoms with E-state index >= 15 is 0 Å². The number of nitrogens with one attached hydrogen (secondary N) is 1. The van der Waals surface area contributed by atoms with Crippen LogP contribution in [0.1, 0.15) is 12.5 Å². The van der Waals surface area contributed by atoms with Gasteiger partial charge in [0.25, 0.3) is 0 Å². The normalized spacial score (nSPS) is 17.5. The average Bonchev–Trinajstić information content (AvgIpc) is 3.10. The minimum absolute atomic E-state index is 0.358. The highest BCUT2D eigenvalue weighted by atomic mass is 16.4. The fourth-order valence-corrected chi connectivity index (χ4v) is 3.72. The van der Waals surface area contributed by atoms with Crippen LogP contribution in [0, 0.1) is 6.92 Å². The monoisotopic (exact) mass is 375 g/mol. The quantitative estimate of drug-likeness (QED) is 0.580. The molecule has 0 aromatic carbocycles. The number of hydrogen-bond acceptors (Lipinski definition) is 6. The maximum absolute atomic E-state index is 12.6. The third kappa shape index (κ3) is 2.93. The Hall–Kier alpha value is -3.19. The van der Waals surface area contributed by atoms with Crippen molar-refractivity contribution in [3.63, 3.8) is 0 Å². The maximum atomic E-state index is 12.6. The van der Waals surface area contributed by atoms with Crippen molar-refractivity contribution in [2.24, 2.45) is 0 Å². The molecule has 1 unspecified atom stereocenters. The number of nitrogens with zero attached hydrogens (tertiary/aromatic N) is 4. The SMILES string of the molecule is Cc1ccc2nc(-c3cc4ccc(N5CCNC(C)C5)nc4oc3=O)cn2c1. The van der Waals surface area contributed by atoms with Crippen LogP contribution >= 0.6 is 0 Å². The van der Waals surface area contributed by atoms with E-state index in [2.05, 4.69) is 27.1 Å². The van der Waals surface area contributed by atoms with Crippen LogP contribution < -0.4 is 15.8 Å². The predicted molar refractivity (Wildman–Crippen MR) is 109 cm³/mol. The molecule has 0 spiro atoms. The molecule has 7 heteroatoms. The topological polar surface area (TPSA) is 75.7 Å². The van der Waals surface area contributed by atoms with E-state index in [1.807, 2.05) is 54.0 Å². The molecule has 28 heavy (non-hydrogen) atoms. The van der Waals surface area contributed by atoms with E-state index in [0.717, 1.165) is 42.0 Å². The molecule has 1 N–H and O–H groups in total. The van der Waals surface area contributed by atoms with Gasteiger partial charge in [-0.2, -0.15) is 4.98 Å². The summed E-state index contributed by atoms with van der Waals surface area (Å²) in [5, 5.41) is 4.20. The number of anilines is 1. The van der Waals surface area contributed by atoms with Gasteiger partial charge >= 0.3 is 5.63 Å². The first-order valence-electron chi connectivity index (χ1n) is 9.46. The molecule has 142 valence electrons. The largest absolute Gasteiger partial charge is 0.403 e. The molecule has 0 aliphatic carbocycles. The molecule has 1 fully saturated rings. The lowest BCUT2D eigenvalue weighted by molar-refractivity contribution is 0.481. The minimum Gasteiger partial charge on any atom is -0.403 e. The summed E-state index contributed by atoms with van der Waals surface area (Å²) in [7, 11) is 0. The van der Waals surface area contributed by atoms with Gasteiger partial charge in [-0.05, 0) is 43.7 Å². The third-order valence-electron chi connectivity index (χ3n) is 5.15. The highest BCUT2D eigenvalue weighted by Gasteiger charge is 2.18. The second-order valence-corrected chi connectivity index (χ2v) is 7.41. The Morgan fingerprint density at radius 1 is 1.18 bits per heavy atom. The molecule has 1 saturated heterocycles. The number of hydrogen-bond donors (Lipinski definition) is 1. The van der Waals surface area contributed by atoms with Crippen LogP contribution in [-0.2, 0) is 0 Å². The van der Waals surface area contributed by atoms with Crippen molar-refractivity contribution in [1.29, 1.82) is 0 Å². The lowest BCUT2D eigenvalue weighted by Gasteiger charge is -2.32. The standard InChI is InChI=1S/C21H21N5O2/c1-13-3-5-18-23-17(12-26(18)10-13)16-9-15-4-6-19(24-20(15)28-21(16)27)25-8-7-22-14(2)11-25/h3-6,9-10,12,14,22H,7-8,11H2,1-2H3. The van der Waals surface area contributed by atoms with Gasteiger partial charge in [0.1, 0.15) is 11.5 Å². The zero-order chi connectivity index (χ0) is 19.3.